The quantitative estimate of drug-likeness (QED) is 0.355. The van der Waals surface area contributed by atoms with E-state index in [9.17, 15) is 0 Å². The summed E-state index contributed by atoms with van der Waals surface area (Å²) in [7, 11) is 0. The van der Waals surface area contributed by atoms with Crippen molar-refractivity contribution >= 4 is 0 Å². The van der Waals surface area contributed by atoms with E-state index in [1.54, 1.807) is 5.57 Å². The Hall–Kier alpha value is -0.760. The molecule has 0 heterocycles. The van der Waals surface area contributed by atoms with Gasteiger partial charge in [-0.15, -0.1) is 0 Å². The van der Waals surface area contributed by atoms with Gasteiger partial charge in [0.25, 0.3) is 0 Å². The third-order valence-corrected chi connectivity index (χ3v) is 11.3. The van der Waals surface area contributed by atoms with E-state index in [2.05, 4.69) is 53.7 Å². The molecule has 4 aliphatic carbocycles. The normalized spacial score (nSPS) is 39.8. The predicted octanol–water partition coefficient (Wildman–Crippen LogP) is 8.17. The summed E-state index contributed by atoms with van der Waals surface area (Å²) in [5, 5.41) is 9.14. The molecule has 0 aromatic rings. The van der Waals surface area contributed by atoms with E-state index in [4.69, 9.17) is 9.84 Å². The van der Waals surface area contributed by atoms with Crippen molar-refractivity contribution in [3.8, 4) is 0 Å². The fraction of sp³-hybridized carbons (Fsp3) is 0.871. The number of rotatable bonds is 9. The third-order valence-electron chi connectivity index (χ3n) is 11.3. The van der Waals surface area contributed by atoms with Crippen LogP contribution in [-0.4, -0.2) is 18.3 Å². The molecule has 4 rings (SSSR count). The zero-order valence-electron chi connectivity index (χ0n) is 22.5. The molecule has 0 spiro atoms. The van der Waals surface area contributed by atoms with Crippen molar-refractivity contribution in [1.29, 1.82) is 0 Å². The van der Waals surface area contributed by atoms with Gasteiger partial charge in [-0.05, 0) is 103 Å². The molecule has 0 aliphatic heterocycles. The van der Waals surface area contributed by atoms with E-state index < -0.39 is 0 Å². The summed E-state index contributed by atoms with van der Waals surface area (Å²) in [6.45, 7) is 15.6. The Labute approximate surface area is 204 Å². The lowest BCUT2D eigenvalue weighted by atomic mass is 9.47. The van der Waals surface area contributed by atoms with Crippen LogP contribution in [0.3, 0.4) is 0 Å². The van der Waals surface area contributed by atoms with Crippen LogP contribution in [-0.2, 0) is 4.74 Å². The van der Waals surface area contributed by atoms with E-state index in [1.165, 1.54) is 51.4 Å². The summed E-state index contributed by atoms with van der Waals surface area (Å²) in [5.74, 6) is 7.25. The van der Waals surface area contributed by atoms with E-state index in [1.807, 2.05) is 0 Å². The largest absolute Gasteiger partial charge is 0.496 e. The second-order valence-corrected chi connectivity index (χ2v) is 13.1. The van der Waals surface area contributed by atoms with Crippen molar-refractivity contribution in [3.05, 3.63) is 23.5 Å². The Morgan fingerprint density at radius 3 is 2.55 bits per heavy atom. The Morgan fingerprint density at radius 1 is 1.06 bits per heavy atom. The van der Waals surface area contributed by atoms with E-state index in [0.717, 1.165) is 60.0 Å². The van der Waals surface area contributed by atoms with E-state index in [0.29, 0.717) is 17.4 Å². The lowest BCUT2D eigenvalue weighted by Gasteiger charge is -2.57. The van der Waals surface area contributed by atoms with E-state index >= 15 is 0 Å². The summed E-state index contributed by atoms with van der Waals surface area (Å²) in [4.78, 5) is 0. The standard InChI is InChI=1S/C31H52O2/c1-7-23(21(2)3)9-8-22(4)27-12-13-28-26-11-10-24-20-25(33-19-18-32)14-16-30(24,5)29(26)15-17-31(27,28)6/h10,14,21-23,26-29,32H,7-9,11-13,15-20H2,1-6H3/t22-,23-,26?,27-,28?,29?,30+,31-/m1/s1. The molecule has 0 bridgehead atoms. The van der Waals surface area contributed by atoms with Crippen LogP contribution >= 0.6 is 0 Å². The van der Waals surface area contributed by atoms with Crippen molar-refractivity contribution in [2.75, 3.05) is 13.2 Å². The Bertz CT molecular complexity index is 735. The number of aliphatic hydroxyl groups is 1. The smallest absolute Gasteiger partial charge is 0.111 e. The van der Waals surface area contributed by atoms with Crippen molar-refractivity contribution < 1.29 is 9.84 Å². The molecule has 4 aliphatic rings. The van der Waals surface area contributed by atoms with Crippen molar-refractivity contribution in [1.82, 2.24) is 0 Å². The average Bonchev–Trinajstić information content (AvgIpc) is 3.15. The molecule has 2 fully saturated rings. The maximum Gasteiger partial charge on any atom is 0.111 e. The molecule has 1 N–H and O–H groups in total. The van der Waals surface area contributed by atoms with Crippen molar-refractivity contribution in [3.63, 3.8) is 0 Å². The number of fused-ring (bicyclic) bond motifs is 5. The highest BCUT2D eigenvalue weighted by Gasteiger charge is 2.58. The number of ether oxygens (including phenoxy) is 1. The van der Waals surface area contributed by atoms with Gasteiger partial charge in [0.2, 0.25) is 0 Å². The summed E-state index contributed by atoms with van der Waals surface area (Å²) in [6, 6.07) is 0. The van der Waals surface area contributed by atoms with Gasteiger partial charge in [0.15, 0.2) is 0 Å². The van der Waals surface area contributed by atoms with Gasteiger partial charge in [-0.1, -0.05) is 66.0 Å². The molecular formula is C31H52O2. The second-order valence-electron chi connectivity index (χ2n) is 13.1. The molecule has 0 aromatic heterocycles. The SMILES string of the molecule is CC[C@H](CC[C@@H](C)[C@H]1CCC2C3CC=C4CC(OCCO)=CC[C@]4(C)C3CC[C@@]21C)C(C)C. The minimum Gasteiger partial charge on any atom is -0.496 e. The first-order valence-corrected chi connectivity index (χ1v) is 14.4. The van der Waals surface area contributed by atoms with Gasteiger partial charge in [0.1, 0.15) is 6.61 Å². The lowest BCUT2D eigenvalue weighted by molar-refractivity contribution is -0.0459. The second kappa shape index (κ2) is 10.1. The maximum absolute atomic E-state index is 9.14. The molecular weight excluding hydrogens is 404 g/mol. The van der Waals surface area contributed by atoms with Crippen LogP contribution in [0.4, 0.5) is 0 Å². The van der Waals surface area contributed by atoms with Gasteiger partial charge in [0.05, 0.1) is 12.4 Å². The van der Waals surface area contributed by atoms with Crippen molar-refractivity contribution in [2.45, 2.75) is 106 Å². The van der Waals surface area contributed by atoms with Crippen LogP contribution in [0.25, 0.3) is 0 Å². The lowest BCUT2D eigenvalue weighted by Crippen LogP contribution is -2.49. The number of hydrogen-bond donors (Lipinski definition) is 1. The highest BCUT2D eigenvalue weighted by Crippen LogP contribution is 2.67. The molecule has 2 saturated carbocycles. The minimum absolute atomic E-state index is 0.106. The predicted molar refractivity (Wildman–Crippen MR) is 139 cm³/mol. The first-order valence-electron chi connectivity index (χ1n) is 14.4. The zero-order valence-corrected chi connectivity index (χ0v) is 22.5. The molecule has 2 nitrogen and oxygen atoms in total. The Morgan fingerprint density at radius 2 is 1.85 bits per heavy atom. The molecule has 188 valence electrons. The molecule has 3 unspecified atom stereocenters. The monoisotopic (exact) mass is 456 g/mol. The first kappa shape index (κ1) is 25.3. The average molecular weight is 457 g/mol. The summed E-state index contributed by atoms with van der Waals surface area (Å²) < 4.78 is 5.82. The third kappa shape index (κ3) is 4.60. The topological polar surface area (TPSA) is 29.5 Å². The molecule has 2 heteroatoms. The van der Waals surface area contributed by atoms with Crippen LogP contribution in [0.1, 0.15) is 106 Å². The van der Waals surface area contributed by atoms with Crippen LogP contribution in [0.15, 0.2) is 23.5 Å². The highest BCUT2D eigenvalue weighted by atomic mass is 16.5. The minimum atomic E-state index is 0.106. The highest BCUT2D eigenvalue weighted by molar-refractivity contribution is 5.30. The van der Waals surface area contributed by atoms with Gasteiger partial charge < -0.3 is 9.84 Å². The Kier molecular flexibility index (Phi) is 7.74. The number of aliphatic hydroxyl groups excluding tert-OH is 1. The maximum atomic E-state index is 9.14. The van der Waals surface area contributed by atoms with Crippen LogP contribution in [0.2, 0.25) is 0 Å². The van der Waals surface area contributed by atoms with Gasteiger partial charge in [0, 0.05) is 6.42 Å². The van der Waals surface area contributed by atoms with E-state index in [-0.39, 0.29) is 6.61 Å². The number of allylic oxidation sites excluding steroid dienone is 3. The zero-order chi connectivity index (χ0) is 23.8. The fourth-order valence-corrected chi connectivity index (χ4v) is 9.25. The first-order chi connectivity index (χ1) is 15.7. The fourth-order valence-electron chi connectivity index (χ4n) is 9.25. The molecule has 0 aromatic carbocycles. The van der Waals surface area contributed by atoms with Gasteiger partial charge in [-0.3, -0.25) is 0 Å². The van der Waals surface area contributed by atoms with Crippen LogP contribution in [0, 0.1) is 52.3 Å². The van der Waals surface area contributed by atoms with Gasteiger partial charge in [-0.25, -0.2) is 0 Å². The van der Waals surface area contributed by atoms with Crippen molar-refractivity contribution in [2.24, 2.45) is 52.3 Å². The molecule has 0 saturated heterocycles. The van der Waals surface area contributed by atoms with Crippen LogP contribution in [0.5, 0.6) is 0 Å². The molecule has 0 radical (unpaired) electrons. The van der Waals surface area contributed by atoms with Gasteiger partial charge >= 0.3 is 0 Å². The molecule has 0 amide bonds. The summed E-state index contributed by atoms with van der Waals surface area (Å²) in [6.07, 6.45) is 18.3. The summed E-state index contributed by atoms with van der Waals surface area (Å²) in [5.41, 5.74) is 2.51. The Balaban J connectivity index is 1.45. The number of hydrogen-bond acceptors (Lipinski definition) is 2. The summed E-state index contributed by atoms with van der Waals surface area (Å²) >= 11 is 0. The molecule has 33 heavy (non-hydrogen) atoms. The van der Waals surface area contributed by atoms with Crippen LogP contribution < -0.4 is 0 Å². The molecule has 8 atom stereocenters. The van der Waals surface area contributed by atoms with Gasteiger partial charge in [-0.2, -0.15) is 0 Å².